The van der Waals surface area contributed by atoms with Gasteiger partial charge >= 0.3 is 5.97 Å². The van der Waals surface area contributed by atoms with Gasteiger partial charge in [0.1, 0.15) is 4.88 Å². The topological polar surface area (TPSA) is 77.8 Å². The summed E-state index contributed by atoms with van der Waals surface area (Å²) < 4.78 is 0. The monoisotopic (exact) mass is 449 g/mol. The Balaban J connectivity index is 2.14. The third kappa shape index (κ3) is 4.71. The highest BCUT2D eigenvalue weighted by Crippen LogP contribution is 2.40. The van der Waals surface area contributed by atoms with E-state index in [1.807, 2.05) is 39.8 Å². The summed E-state index contributed by atoms with van der Waals surface area (Å²) in [4.78, 5) is 28.4. The number of aromatic carboxylic acids is 1. The Hall–Kier alpha value is -1.89. The molecule has 1 fully saturated rings. The minimum absolute atomic E-state index is 0.155. The maximum absolute atomic E-state index is 13.7. The minimum Gasteiger partial charge on any atom is -0.477 e. The molecule has 2 N–H and O–H groups in total. The zero-order chi connectivity index (χ0) is 22.2. The van der Waals surface area contributed by atoms with Crippen LogP contribution in [0.15, 0.2) is 24.3 Å². The second kappa shape index (κ2) is 8.69. The predicted octanol–water partition coefficient (Wildman–Crippen LogP) is 5.66. The predicted molar refractivity (Wildman–Crippen MR) is 121 cm³/mol. The summed E-state index contributed by atoms with van der Waals surface area (Å²) in [6.45, 7) is 7.97. The van der Waals surface area contributed by atoms with E-state index in [9.17, 15) is 19.8 Å². The van der Waals surface area contributed by atoms with Crippen LogP contribution in [0.5, 0.6) is 0 Å². The Kier molecular flexibility index (Phi) is 6.60. The van der Waals surface area contributed by atoms with Crippen molar-refractivity contribution in [3.8, 4) is 0 Å². The molecule has 0 spiro atoms. The van der Waals surface area contributed by atoms with Crippen molar-refractivity contribution < 1.29 is 19.8 Å². The van der Waals surface area contributed by atoms with Crippen LogP contribution >= 0.6 is 22.9 Å². The Morgan fingerprint density at radius 3 is 2.30 bits per heavy atom. The average molecular weight is 450 g/mol. The van der Waals surface area contributed by atoms with Gasteiger partial charge in [0.25, 0.3) is 5.91 Å². The van der Waals surface area contributed by atoms with Gasteiger partial charge in [-0.2, -0.15) is 0 Å². The molecule has 1 aromatic carbocycles. The van der Waals surface area contributed by atoms with Crippen LogP contribution in [-0.2, 0) is 5.41 Å². The minimum atomic E-state index is -1.05. The standard InChI is InChI=1S/C23H28ClNO4S/c1-13-5-10-16(17(24)11-13)21(27)25(14-6-8-15(26)9-7-14)18-12-19(23(2,3)4)30-20(18)22(28)29/h5,10-12,14-15,26H,6-9H2,1-4H3,(H,28,29). The molecule has 5 nitrogen and oxygen atoms in total. The van der Waals surface area contributed by atoms with Gasteiger partial charge in [-0.1, -0.05) is 38.4 Å². The number of anilines is 1. The molecule has 0 unspecified atom stereocenters. The summed E-state index contributed by atoms with van der Waals surface area (Å²) in [6, 6.07) is 6.90. The highest BCUT2D eigenvalue weighted by molar-refractivity contribution is 7.14. The lowest BCUT2D eigenvalue weighted by Gasteiger charge is -2.36. The first-order chi connectivity index (χ1) is 14.0. The first-order valence-corrected chi connectivity index (χ1v) is 11.3. The quantitative estimate of drug-likeness (QED) is 0.631. The summed E-state index contributed by atoms with van der Waals surface area (Å²) in [7, 11) is 0. The van der Waals surface area contributed by atoms with E-state index in [-0.39, 0.29) is 28.3 Å². The van der Waals surface area contributed by atoms with Crippen molar-refractivity contribution in [3.05, 3.63) is 50.2 Å². The fraction of sp³-hybridized carbons (Fsp3) is 0.478. The molecular weight excluding hydrogens is 422 g/mol. The molecule has 0 atom stereocenters. The van der Waals surface area contributed by atoms with Crippen molar-refractivity contribution in [2.75, 3.05) is 4.90 Å². The highest BCUT2D eigenvalue weighted by atomic mass is 35.5. The van der Waals surface area contributed by atoms with Crippen LogP contribution in [0, 0.1) is 6.92 Å². The van der Waals surface area contributed by atoms with Gasteiger partial charge in [0.05, 0.1) is 22.4 Å². The van der Waals surface area contributed by atoms with E-state index in [2.05, 4.69) is 0 Å². The number of aryl methyl sites for hydroxylation is 1. The number of carbonyl (C=O) groups is 2. The molecule has 3 rings (SSSR count). The summed E-state index contributed by atoms with van der Waals surface area (Å²) in [6.07, 6.45) is 1.99. The van der Waals surface area contributed by atoms with Crippen molar-refractivity contribution in [3.63, 3.8) is 0 Å². The molecular formula is C23H28ClNO4S. The van der Waals surface area contributed by atoms with Crippen molar-refractivity contribution in [2.24, 2.45) is 0 Å². The molecule has 1 amide bonds. The lowest BCUT2D eigenvalue weighted by atomic mass is 9.90. The molecule has 162 valence electrons. The smallest absolute Gasteiger partial charge is 0.348 e. The maximum atomic E-state index is 13.7. The molecule has 1 aliphatic carbocycles. The molecule has 1 saturated carbocycles. The molecule has 0 radical (unpaired) electrons. The third-order valence-electron chi connectivity index (χ3n) is 5.51. The lowest BCUT2D eigenvalue weighted by molar-refractivity contribution is 0.0702. The second-order valence-electron chi connectivity index (χ2n) is 9.00. The third-order valence-corrected chi connectivity index (χ3v) is 7.36. The fourth-order valence-corrected chi connectivity index (χ4v) is 5.16. The van der Waals surface area contributed by atoms with E-state index in [1.54, 1.807) is 17.0 Å². The van der Waals surface area contributed by atoms with Gasteiger partial charge in [-0.05, 0) is 61.8 Å². The molecule has 1 aromatic heterocycles. The summed E-state index contributed by atoms with van der Waals surface area (Å²) >= 11 is 7.61. The zero-order valence-electron chi connectivity index (χ0n) is 17.7. The van der Waals surface area contributed by atoms with Gasteiger partial charge in [0, 0.05) is 10.9 Å². The number of carbonyl (C=O) groups excluding carboxylic acids is 1. The Morgan fingerprint density at radius 2 is 1.77 bits per heavy atom. The van der Waals surface area contributed by atoms with E-state index in [0.717, 1.165) is 10.4 Å². The van der Waals surface area contributed by atoms with Gasteiger partial charge in [-0.15, -0.1) is 11.3 Å². The number of thiophene rings is 1. The van der Waals surface area contributed by atoms with E-state index in [0.29, 0.717) is 42.0 Å². The summed E-state index contributed by atoms with van der Waals surface area (Å²) in [5.41, 5.74) is 1.47. The Labute approximate surface area is 186 Å². The largest absolute Gasteiger partial charge is 0.477 e. The van der Waals surface area contributed by atoms with E-state index >= 15 is 0 Å². The van der Waals surface area contributed by atoms with Crippen LogP contribution in [0.25, 0.3) is 0 Å². The molecule has 7 heteroatoms. The number of nitrogens with zero attached hydrogens (tertiary/aromatic N) is 1. The number of aliphatic hydroxyl groups excluding tert-OH is 1. The van der Waals surface area contributed by atoms with E-state index in [4.69, 9.17) is 11.6 Å². The number of aliphatic hydroxyl groups is 1. The molecule has 1 aliphatic rings. The Morgan fingerprint density at radius 1 is 1.13 bits per heavy atom. The average Bonchev–Trinajstić information content (AvgIpc) is 3.09. The fourth-order valence-electron chi connectivity index (χ4n) is 3.79. The number of amides is 1. The first kappa shape index (κ1) is 22.8. The van der Waals surface area contributed by atoms with Gasteiger partial charge in [-0.25, -0.2) is 4.79 Å². The van der Waals surface area contributed by atoms with Crippen LogP contribution in [0.4, 0.5) is 5.69 Å². The van der Waals surface area contributed by atoms with Crippen molar-refractivity contribution >= 4 is 40.5 Å². The summed E-state index contributed by atoms with van der Waals surface area (Å²) in [5, 5.41) is 20.2. The van der Waals surface area contributed by atoms with Gasteiger partial charge < -0.3 is 15.1 Å². The molecule has 0 aliphatic heterocycles. The molecule has 0 bridgehead atoms. The number of carboxylic acids is 1. The first-order valence-electron chi connectivity index (χ1n) is 10.1. The van der Waals surface area contributed by atoms with Gasteiger partial charge in [0.15, 0.2) is 0 Å². The van der Waals surface area contributed by atoms with Gasteiger partial charge in [-0.3, -0.25) is 4.79 Å². The molecule has 30 heavy (non-hydrogen) atoms. The van der Waals surface area contributed by atoms with Crippen LogP contribution in [0.3, 0.4) is 0 Å². The number of hydrogen-bond donors (Lipinski definition) is 2. The molecule has 1 heterocycles. The molecule has 2 aromatic rings. The van der Waals surface area contributed by atoms with Crippen molar-refractivity contribution in [1.29, 1.82) is 0 Å². The zero-order valence-corrected chi connectivity index (χ0v) is 19.3. The lowest BCUT2D eigenvalue weighted by Crippen LogP contribution is -2.44. The van der Waals surface area contributed by atoms with Crippen molar-refractivity contribution in [1.82, 2.24) is 0 Å². The number of rotatable bonds is 4. The normalized spacial score (nSPS) is 19.5. The number of benzene rings is 1. The highest BCUT2D eigenvalue weighted by Gasteiger charge is 2.35. The Bertz CT molecular complexity index is 955. The van der Waals surface area contributed by atoms with E-state index in [1.165, 1.54) is 11.3 Å². The maximum Gasteiger partial charge on any atom is 0.348 e. The van der Waals surface area contributed by atoms with Crippen LogP contribution in [0.1, 0.15) is 76.9 Å². The van der Waals surface area contributed by atoms with Crippen molar-refractivity contribution in [2.45, 2.75) is 70.9 Å². The van der Waals surface area contributed by atoms with Crippen LogP contribution in [0.2, 0.25) is 5.02 Å². The van der Waals surface area contributed by atoms with E-state index < -0.39 is 5.97 Å². The van der Waals surface area contributed by atoms with Gasteiger partial charge in [0.2, 0.25) is 0 Å². The second-order valence-corrected chi connectivity index (χ2v) is 10.5. The SMILES string of the molecule is Cc1ccc(C(=O)N(c2cc(C(C)(C)C)sc2C(=O)O)C2CCC(O)CC2)c(Cl)c1. The molecule has 0 saturated heterocycles. The number of hydrogen-bond acceptors (Lipinski definition) is 4. The van der Waals surface area contributed by atoms with Crippen LogP contribution < -0.4 is 4.90 Å². The van der Waals surface area contributed by atoms with Crippen LogP contribution in [-0.4, -0.2) is 34.2 Å². The summed E-state index contributed by atoms with van der Waals surface area (Å²) in [5.74, 6) is -1.35. The number of halogens is 1. The number of carboxylic acid groups (broad SMARTS) is 1.